The van der Waals surface area contributed by atoms with E-state index in [1.54, 1.807) is 49.5 Å². The highest BCUT2D eigenvalue weighted by Crippen LogP contribution is 2.31. The van der Waals surface area contributed by atoms with Gasteiger partial charge < -0.3 is 24.1 Å². The Morgan fingerprint density at radius 2 is 2.00 bits per heavy atom. The van der Waals surface area contributed by atoms with Crippen molar-refractivity contribution in [3.63, 3.8) is 0 Å². The number of likely N-dealkylation sites (tertiary alicyclic amines) is 1. The highest BCUT2D eigenvalue weighted by molar-refractivity contribution is 6.31. The molecule has 0 spiro atoms. The van der Waals surface area contributed by atoms with Crippen molar-refractivity contribution in [3.8, 4) is 11.5 Å². The lowest BCUT2D eigenvalue weighted by Crippen LogP contribution is -2.45. The van der Waals surface area contributed by atoms with Gasteiger partial charge in [0.05, 0.1) is 14.2 Å². The summed E-state index contributed by atoms with van der Waals surface area (Å²) in [4.78, 5) is 19.5. The number of nitrogens with zero attached hydrogens (tertiary/aromatic N) is 2. The lowest BCUT2D eigenvalue weighted by Gasteiger charge is -2.33. The number of carbonyl (C=O) groups is 1. The minimum absolute atomic E-state index is 0.0249. The number of aromatic nitrogens is 1. The zero-order valence-electron chi connectivity index (χ0n) is 16.3. The van der Waals surface area contributed by atoms with E-state index in [1.165, 1.54) is 0 Å². The Bertz CT molecular complexity index is 1010. The normalized spacial score (nSPS) is 16.7. The first-order valence-corrected chi connectivity index (χ1v) is 9.79. The Hall–Kier alpha value is -2.93. The van der Waals surface area contributed by atoms with E-state index in [1.807, 2.05) is 6.07 Å². The third-order valence-electron chi connectivity index (χ3n) is 5.03. The summed E-state index contributed by atoms with van der Waals surface area (Å²) in [6, 6.07) is 11.1. The fourth-order valence-electron chi connectivity index (χ4n) is 3.63. The first-order chi connectivity index (χ1) is 14.1. The second-order valence-electron chi connectivity index (χ2n) is 6.90. The fourth-order valence-corrected chi connectivity index (χ4v) is 3.80. The van der Waals surface area contributed by atoms with Crippen LogP contribution in [-0.4, -0.2) is 49.1 Å². The molecule has 152 valence electrons. The van der Waals surface area contributed by atoms with E-state index in [0.29, 0.717) is 46.8 Å². The van der Waals surface area contributed by atoms with Gasteiger partial charge in [0.25, 0.3) is 11.9 Å². The number of ether oxygens (including phenoxy) is 2. The molecule has 0 aliphatic carbocycles. The van der Waals surface area contributed by atoms with Gasteiger partial charge in [0.2, 0.25) is 0 Å². The largest absolute Gasteiger partial charge is 0.496 e. The predicted molar refractivity (Wildman–Crippen MR) is 111 cm³/mol. The molecule has 1 fully saturated rings. The summed E-state index contributed by atoms with van der Waals surface area (Å²) in [5, 5.41) is 3.90. The highest BCUT2D eigenvalue weighted by atomic mass is 35.5. The average Bonchev–Trinajstić information content (AvgIpc) is 3.13. The molecule has 1 atom stereocenters. The van der Waals surface area contributed by atoms with Crippen LogP contribution in [0.25, 0.3) is 11.1 Å². The Morgan fingerprint density at radius 1 is 1.24 bits per heavy atom. The molecule has 29 heavy (non-hydrogen) atoms. The van der Waals surface area contributed by atoms with Crippen LogP contribution in [-0.2, 0) is 0 Å². The number of fused-ring (bicyclic) bond motifs is 1. The summed E-state index contributed by atoms with van der Waals surface area (Å²) in [6.45, 7) is 1.20. The molecule has 0 radical (unpaired) electrons. The molecule has 1 saturated heterocycles. The number of rotatable bonds is 5. The van der Waals surface area contributed by atoms with Crippen LogP contribution in [0.4, 0.5) is 6.01 Å². The van der Waals surface area contributed by atoms with Crippen LogP contribution in [0.15, 0.2) is 40.8 Å². The number of hydrogen-bond acceptors (Lipinski definition) is 6. The van der Waals surface area contributed by atoms with Gasteiger partial charge in [0.1, 0.15) is 22.6 Å². The van der Waals surface area contributed by atoms with Crippen molar-refractivity contribution in [3.05, 3.63) is 47.0 Å². The van der Waals surface area contributed by atoms with Crippen LogP contribution in [0.5, 0.6) is 11.5 Å². The number of oxazole rings is 1. The maximum absolute atomic E-state index is 13.2. The van der Waals surface area contributed by atoms with E-state index in [9.17, 15) is 4.79 Å². The lowest BCUT2D eigenvalue weighted by molar-refractivity contribution is 0.0707. The van der Waals surface area contributed by atoms with Crippen molar-refractivity contribution in [2.75, 3.05) is 32.6 Å². The number of methoxy groups -OCH3 is 2. The molecule has 1 aliphatic heterocycles. The molecule has 3 aromatic rings. The molecule has 1 N–H and O–H groups in total. The van der Waals surface area contributed by atoms with E-state index in [0.717, 1.165) is 18.4 Å². The smallest absolute Gasteiger partial charge is 0.295 e. The molecule has 0 bridgehead atoms. The number of hydrogen-bond donors (Lipinski definition) is 1. The summed E-state index contributed by atoms with van der Waals surface area (Å²) < 4.78 is 16.5. The number of anilines is 1. The number of nitrogens with one attached hydrogen (secondary N) is 1. The Kier molecular flexibility index (Phi) is 5.49. The zero-order valence-corrected chi connectivity index (χ0v) is 17.0. The lowest BCUT2D eigenvalue weighted by atomic mass is 10.0. The molecule has 1 aliphatic rings. The standard InChI is InChI=1S/C21H22ClN3O4/c1-27-16-6-3-7-17(28-2)19(16)20(26)25-10-4-5-14(12-25)23-21-24-15-9-8-13(22)11-18(15)29-21/h3,6-9,11,14H,4-5,10,12H2,1-2H3,(H,23,24). The van der Waals surface area contributed by atoms with E-state index >= 15 is 0 Å². The van der Waals surface area contributed by atoms with E-state index < -0.39 is 0 Å². The number of carbonyl (C=O) groups excluding carboxylic acids is 1. The number of halogens is 1. The van der Waals surface area contributed by atoms with Crippen LogP contribution in [0.2, 0.25) is 5.02 Å². The van der Waals surface area contributed by atoms with Gasteiger partial charge >= 0.3 is 0 Å². The van der Waals surface area contributed by atoms with Crippen LogP contribution in [0.1, 0.15) is 23.2 Å². The van der Waals surface area contributed by atoms with Gasteiger partial charge in [0, 0.05) is 30.2 Å². The SMILES string of the molecule is COc1cccc(OC)c1C(=O)N1CCCC(Nc2nc3ccc(Cl)cc3o2)C1. The summed E-state index contributed by atoms with van der Waals surface area (Å²) >= 11 is 6.01. The maximum atomic E-state index is 13.2. The molecule has 0 saturated carbocycles. The monoisotopic (exact) mass is 415 g/mol. The van der Waals surface area contributed by atoms with Crippen molar-refractivity contribution >= 4 is 34.6 Å². The number of benzene rings is 2. The molecular weight excluding hydrogens is 394 g/mol. The molecule has 1 aromatic heterocycles. The van der Waals surface area contributed by atoms with Crippen molar-refractivity contribution in [2.24, 2.45) is 0 Å². The van der Waals surface area contributed by atoms with Gasteiger partial charge in [-0.1, -0.05) is 17.7 Å². The van der Waals surface area contributed by atoms with Gasteiger partial charge in [0.15, 0.2) is 5.58 Å². The molecule has 8 heteroatoms. The first-order valence-electron chi connectivity index (χ1n) is 9.42. The van der Waals surface area contributed by atoms with Crippen molar-refractivity contribution < 1.29 is 18.7 Å². The third-order valence-corrected chi connectivity index (χ3v) is 5.26. The fraction of sp³-hybridized carbons (Fsp3) is 0.333. The molecule has 7 nitrogen and oxygen atoms in total. The van der Waals surface area contributed by atoms with Gasteiger partial charge in [-0.3, -0.25) is 4.79 Å². The third kappa shape index (κ3) is 3.96. The average molecular weight is 416 g/mol. The van der Waals surface area contributed by atoms with E-state index in [4.69, 9.17) is 25.5 Å². The Balaban J connectivity index is 1.51. The minimum atomic E-state index is -0.116. The van der Waals surface area contributed by atoms with Crippen molar-refractivity contribution in [1.29, 1.82) is 0 Å². The maximum Gasteiger partial charge on any atom is 0.295 e. The molecule has 4 rings (SSSR count). The van der Waals surface area contributed by atoms with Crippen LogP contribution < -0.4 is 14.8 Å². The molecule has 1 amide bonds. The Labute approximate surface area is 173 Å². The summed E-state index contributed by atoms with van der Waals surface area (Å²) in [7, 11) is 3.09. The van der Waals surface area contributed by atoms with Crippen LogP contribution in [0, 0.1) is 0 Å². The zero-order chi connectivity index (χ0) is 20.4. The Morgan fingerprint density at radius 3 is 2.72 bits per heavy atom. The van der Waals surface area contributed by atoms with E-state index in [2.05, 4.69) is 10.3 Å². The molecule has 1 unspecified atom stereocenters. The van der Waals surface area contributed by atoms with Gasteiger partial charge in [-0.15, -0.1) is 0 Å². The molecular formula is C21H22ClN3O4. The van der Waals surface area contributed by atoms with Gasteiger partial charge in [-0.05, 0) is 37.1 Å². The van der Waals surface area contributed by atoms with Crippen molar-refractivity contribution in [2.45, 2.75) is 18.9 Å². The highest BCUT2D eigenvalue weighted by Gasteiger charge is 2.29. The summed E-state index contributed by atoms with van der Waals surface area (Å²) in [5.74, 6) is 0.885. The predicted octanol–water partition coefficient (Wildman–Crippen LogP) is 4.22. The van der Waals surface area contributed by atoms with Crippen molar-refractivity contribution in [1.82, 2.24) is 9.88 Å². The van der Waals surface area contributed by atoms with Gasteiger partial charge in [-0.2, -0.15) is 4.98 Å². The topological polar surface area (TPSA) is 76.8 Å². The van der Waals surface area contributed by atoms with Crippen LogP contribution in [0.3, 0.4) is 0 Å². The quantitative estimate of drug-likeness (QED) is 0.672. The minimum Gasteiger partial charge on any atom is -0.496 e. The first kappa shape index (κ1) is 19.4. The molecule has 2 heterocycles. The number of piperidine rings is 1. The van der Waals surface area contributed by atoms with Gasteiger partial charge in [-0.25, -0.2) is 0 Å². The molecule has 2 aromatic carbocycles. The summed E-state index contributed by atoms with van der Waals surface area (Å²) in [5.41, 5.74) is 1.80. The van der Waals surface area contributed by atoms with E-state index in [-0.39, 0.29) is 11.9 Å². The van der Waals surface area contributed by atoms with Crippen LogP contribution >= 0.6 is 11.6 Å². The second-order valence-corrected chi connectivity index (χ2v) is 7.34. The number of amides is 1. The second kappa shape index (κ2) is 8.21. The summed E-state index contributed by atoms with van der Waals surface area (Å²) in [6.07, 6.45) is 1.78.